The van der Waals surface area contributed by atoms with E-state index in [9.17, 15) is 9.59 Å². The normalized spacial score (nSPS) is 19.8. The van der Waals surface area contributed by atoms with Gasteiger partial charge < -0.3 is 14.8 Å². The molecule has 1 amide bonds. The van der Waals surface area contributed by atoms with E-state index in [-0.39, 0.29) is 23.8 Å². The number of fused-ring (bicyclic) bond motifs is 1. The van der Waals surface area contributed by atoms with Crippen LogP contribution in [0.15, 0.2) is 0 Å². The Morgan fingerprint density at radius 2 is 2.17 bits per heavy atom. The molecule has 0 atom stereocenters. The summed E-state index contributed by atoms with van der Waals surface area (Å²) < 4.78 is 11.9. The summed E-state index contributed by atoms with van der Waals surface area (Å²) in [5.74, 6) is -0.444. The lowest BCUT2D eigenvalue weighted by Gasteiger charge is -2.36. The van der Waals surface area contributed by atoms with Crippen molar-refractivity contribution in [3.8, 4) is 0 Å². The van der Waals surface area contributed by atoms with Crippen molar-refractivity contribution in [2.24, 2.45) is 5.41 Å². The summed E-state index contributed by atoms with van der Waals surface area (Å²) in [6.07, 6.45) is 3.18. The average Bonchev–Trinajstić information content (AvgIpc) is 2.83. The maximum absolute atomic E-state index is 12.6. The molecule has 2 aliphatic rings. The van der Waals surface area contributed by atoms with Crippen molar-refractivity contribution < 1.29 is 19.1 Å². The highest BCUT2D eigenvalue weighted by Crippen LogP contribution is 2.37. The summed E-state index contributed by atoms with van der Waals surface area (Å²) in [7, 11) is 1.36. The van der Waals surface area contributed by atoms with E-state index in [4.69, 9.17) is 9.47 Å². The first kappa shape index (κ1) is 16.0. The molecule has 0 unspecified atom stereocenters. The number of ether oxygens (including phenoxy) is 2. The Hall–Kier alpha value is -1.89. The van der Waals surface area contributed by atoms with Crippen LogP contribution in [0.2, 0.25) is 0 Å². The molecule has 1 aromatic rings. The number of hydrogen-bond acceptors (Lipinski definition) is 5. The quantitative estimate of drug-likeness (QED) is 0.829. The molecule has 7 nitrogen and oxygen atoms in total. The Morgan fingerprint density at radius 3 is 2.83 bits per heavy atom. The minimum Gasteiger partial charge on any atom is -0.468 e. The van der Waals surface area contributed by atoms with E-state index >= 15 is 0 Å². The molecule has 1 spiro atoms. The number of nitrogens with zero attached hydrogens (tertiary/aromatic N) is 2. The third-order valence-corrected chi connectivity index (χ3v) is 4.92. The fourth-order valence-electron chi connectivity index (χ4n) is 3.49. The SMILES string of the molecule is CCc1nn(CC(=O)OC)c2c1C(=O)NCC1(CCOCC1)C2. The highest BCUT2D eigenvalue weighted by atomic mass is 16.5. The maximum Gasteiger partial charge on any atom is 0.327 e. The van der Waals surface area contributed by atoms with Crippen LogP contribution in [0.4, 0.5) is 0 Å². The fourth-order valence-corrected chi connectivity index (χ4v) is 3.49. The zero-order chi connectivity index (χ0) is 16.4. The second kappa shape index (κ2) is 6.31. The number of carbonyl (C=O) groups excluding carboxylic acids is 2. The number of methoxy groups -OCH3 is 1. The van der Waals surface area contributed by atoms with Crippen molar-refractivity contribution in [3.05, 3.63) is 17.0 Å². The summed E-state index contributed by atoms with van der Waals surface area (Å²) in [6, 6.07) is 0. The van der Waals surface area contributed by atoms with Crippen LogP contribution >= 0.6 is 0 Å². The molecule has 1 fully saturated rings. The lowest BCUT2D eigenvalue weighted by atomic mass is 9.76. The first-order valence-corrected chi connectivity index (χ1v) is 8.10. The van der Waals surface area contributed by atoms with Crippen molar-refractivity contribution in [2.75, 3.05) is 26.9 Å². The van der Waals surface area contributed by atoms with E-state index in [0.717, 1.165) is 30.7 Å². The molecule has 0 aromatic carbocycles. The zero-order valence-corrected chi connectivity index (χ0v) is 13.7. The number of nitrogens with one attached hydrogen (secondary N) is 1. The lowest BCUT2D eigenvalue weighted by Crippen LogP contribution is -2.41. The number of amides is 1. The lowest BCUT2D eigenvalue weighted by molar-refractivity contribution is -0.141. The Labute approximate surface area is 135 Å². The van der Waals surface area contributed by atoms with Gasteiger partial charge in [-0.05, 0) is 31.1 Å². The van der Waals surface area contributed by atoms with E-state index in [1.54, 1.807) is 4.68 Å². The van der Waals surface area contributed by atoms with Gasteiger partial charge >= 0.3 is 5.97 Å². The topological polar surface area (TPSA) is 82.5 Å². The molecular weight excluding hydrogens is 298 g/mol. The standard InChI is InChI=1S/C16H23N3O4/c1-3-11-14-12(19(18-11)9-13(20)22-2)8-16(10-17-15(14)21)4-6-23-7-5-16/h3-10H2,1-2H3,(H,17,21). The molecular formula is C16H23N3O4. The molecule has 2 aliphatic heterocycles. The first-order chi connectivity index (χ1) is 11.1. The molecule has 0 radical (unpaired) electrons. The highest BCUT2D eigenvalue weighted by molar-refractivity contribution is 5.97. The number of carbonyl (C=O) groups is 2. The molecule has 126 valence electrons. The molecule has 3 rings (SSSR count). The van der Waals surface area contributed by atoms with Crippen LogP contribution in [-0.2, 0) is 33.7 Å². The maximum atomic E-state index is 12.6. The van der Waals surface area contributed by atoms with Crippen molar-refractivity contribution >= 4 is 11.9 Å². The molecule has 23 heavy (non-hydrogen) atoms. The van der Waals surface area contributed by atoms with Crippen LogP contribution in [0, 0.1) is 5.41 Å². The molecule has 1 saturated heterocycles. The number of aromatic nitrogens is 2. The van der Waals surface area contributed by atoms with Crippen LogP contribution in [0.1, 0.15) is 41.5 Å². The summed E-state index contributed by atoms with van der Waals surface area (Å²) >= 11 is 0. The van der Waals surface area contributed by atoms with Gasteiger partial charge in [0.25, 0.3) is 5.91 Å². The van der Waals surface area contributed by atoms with Crippen molar-refractivity contribution in [2.45, 2.75) is 39.2 Å². The Kier molecular flexibility index (Phi) is 4.39. The van der Waals surface area contributed by atoms with Gasteiger partial charge in [-0.25, -0.2) is 0 Å². The molecule has 0 aliphatic carbocycles. The number of rotatable bonds is 3. The van der Waals surface area contributed by atoms with Gasteiger partial charge in [-0.15, -0.1) is 0 Å². The first-order valence-electron chi connectivity index (χ1n) is 8.10. The Bertz CT molecular complexity index is 617. The molecule has 3 heterocycles. The third-order valence-electron chi connectivity index (χ3n) is 4.92. The van der Waals surface area contributed by atoms with Gasteiger partial charge in [-0.2, -0.15) is 5.10 Å². The number of aryl methyl sites for hydroxylation is 1. The predicted molar refractivity (Wildman–Crippen MR) is 82.1 cm³/mol. The summed E-state index contributed by atoms with van der Waals surface area (Å²) in [4.78, 5) is 24.3. The van der Waals surface area contributed by atoms with Gasteiger partial charge in [0.2, 0.25) is 0 Å². The molecule has 1 aromatic heterocycles. The van der Waals surface area contributed by atoms with Gasteiger partial charge in [0.15, 0.2) is 0 Å². The average molecular weight is 321 g/mol. The predicted octanol–water partition coefficient (Wildman–Crippen LogP) is 0.701. The van der Waals surface area contributed by atoms with Gasteiger partial charge in [0, 0.05) is 19.8 Å². The van der Waals surface area contributed by atoms with Crippen LogP contribution < -0.4 is 5.32 Å². The van der Waals surface area contributed by atoms with Crippen molar-refractivity contribution in [1.82, 2.24) is 15.1 Å². The van der Waals surface area contributed by atoms with Crippen LogP contribution in [0.3, 0.4) is 0 Å². The largest absolute Gasteiger partial charge is 0.468 e. The van der Waals surface area contributed by atoms with Crippen LogP contribution in [-0.4, -0.2) is 48.5 Å². The van der Waals surface area contributed by atoms with Crippen LogP contribution in [0.5, 0.6) is 0 Å². The van der Waals surface area contributed by atoms with Crippen molar-refractivity contribution in [1.29, 1.82) is 0 Å². The highest BCUT2D eigenvalue weighted by Gasteiger charge is 2.39. The number of hydrogen-bond donors (Lipinski definition) is 1. The second-order valence-corrected chi connectivity index (χ2v) is 6.33. The number of esters is 1. The summed E-state index contributed by atoms with van der Waals surface area (Å²) in [5.41, 5.74) is 2.22. The molecule has 7 heteroatoms. The van der Waals surface area contributed by atoms with Gasteiger partial charge in [-0.1, -0.05) is 6.92 Å². The van der Waals surface area contributed by atoms with Crippen molar-refractivity contribution in [3.63, 3.8) is 0 Å². The smallest absolute Gasteiger partial charge is 0.327 e. The Balaban J connectivity index is 2.02. The monoisotopic (exact) mass is 321 g/mol. The summed E-state index contributed by atoms with van der Waals surface area (Å²) in [5, 5.41) is 7.54. The molecule has 0 bridgehead atoms. The zero-order valence-electron chi connectivity index (χ0n) is 13.7. The van der Waals surface area contributed by atoms with Gasteiger partial charge in [-0.3, -0.25) is 14.3 Å². The van der Waals surface area contributed by atoms with E-state index in [1.165, 1.54) is 7.11 Å². The van der Waals surface area contributed by atoms with E-state index in [2.05, 4.69) is 10.4 Å². The molecule has 0 saturated carbocycles. The second-order valence-electron chi connectivity index (χ2n) is 6.33. The minimum atomic E-state index is -0.358. The van der Waals surface area contributed by atoms with E-state index in [1.807, 2.05) is 6.92 Å². The van der Waals surface area contributed by atoms with Crippen LogP contribution in [0.25, 0.3) is 0 Å². The minimum absolute atomic E-state index is 0.0158. The van der Waals surface area contributed by atoms with Gasteiger partial charge in [0.1, 0.15) is 6.54 Å². The van der Waals surface area contributed by atoms with E-state index in [0.29, 0.717) is 31.7 Å². The Morgan fingerprint density at radius 1 is 1.43 bits per heavy atom. The molecule has 1 N–H and O–H groups in total. The third kappa shape index (κ3) is 2.97. The van der Waals surface area contributed by atoms with Gasteiger partial charge in [0.05, 0.1) is 24.1 Å². The fraction of sp³-hybridized carbons (Fsp3) is 0.688. The summed E-state index contributed by atoms with van der Waals surface area (Å²) in [6.45, 7) is 4.06. The van der Waals surface area contributed by atoms with E-state index < -0.39 is 0 Å².